The van der Waals surface area contributed by atoms with Crippen LogP contribution in [-0.4, -0.2) is 20.3 Å². The molecule has 1 fully saturated rings. The number of methoxy groups -OCH3 is 2. The highest BCUT2D eigenvalue weighted by Crippen LogP contribution is 2.53. The van der Waals surface area contributed by atoms with Gasteiger partial charge in [-0.05, 0) is 43.0 Å². The molecule has 0 radical (unpaired) electrons. The third-order valence-electron chi connectivity index (χ3n) is 3.95. The van der Waals surface area contributed by atoms with Gasteiger partial charge in [0.1, 0.15) is 6.67 Å². The molecule has 0 spiro atoms. The van der Waals surface area contributed by atoms with Crippen LogP contribution in [0.25, 0.3) is 0 Å². The lowest BCUT2D eigenvalue weighted by molar-refractivity contribution is 0.351. The Balaban J connectivity index is 2.53. The van der Waals surface area contributed by atoms with Crippen molar-refractivity contribution in [3.8, 4) is 11.5 Å². The van der Waals surface area contributed by atoms with Gasteiger partial charge in [-0.25, -0.2) is 4.39 Å². The maximum atomic E-state index is 13.2. The average molecular weight is 253 g/mol. The summed E-state index contributed by atoms with van der Waals surface area (Å²) in [5.74, 6) is 1.20. The number of rotatable bonds is 5. The number of halogens is 1. The van der Waals surface area contributed by atoms with Crippen molar-refractivity contribution in [2.45, 2.75) is 37.9 Å². The summed E-state index contributed by atoms with van der Waals surface area (Å²) < 4.78 is 23.7. The van der Waals surface area contributed by atoms with Crippen molar-refractivity contribution < 1.29 is 13.9 Å². The van der Waals surface area contributed by atoms with Crippen LogP contribution >= 0.6 is 0 Å². The van der Waals surface area contributed by atoms with Gasteiger partial charge in [0, 0.05) is 11.5 Å². The highest BCUT2D eigenvalue weighted by molar-refractivity contribution is 5.52. The topological polar surface area (TPSA) is 44.5 Å². The Kier molecular flexibility index (Phi) is 3.48. The van der Waals surface area contributed by atoms with Crippen molar-refractivity contribution >= 4 is 0 Å². The smallest absolute Gasteiger partial charge is 0.161 e. The summed E-state index contributed by atoms with van der Waals surface area (Å²) in [6.07, 6.45) is 2.01. The molecular weight excluding hydrogens is 233 g/mol. The van der Waals surface area contributed by atoms with Crippen molar-refractivity contribution in [2.24, 2.45) is 5.73 Å². The van der Waals surface area contributed by atoms with E-state index in [1.54, 1.807) is 20.3 Å². The minimum Gasteiger partial charge on any atom is -0.493 e. The van der Waals surface area contributed by atoms with Crippen molar-refractivity contribution in [1.82, 2.24) is 0 Å². The molecule has 0 aromatic heterocycles. The molecule has 1 aliphatic rings. The van der Waals surface area contributed by atoms with Crippen molar-refractivity contribution in [2.75, 3.05) is 14.2 Å². The van der Waals surface area contributed by atoms with Crippen LogP contribution < -0.4 is 15.2 Å². The second kappa shape index (κ2) is 4.76. The second-order valence-corrected chi connectivity index (χ2v) is 4.94. The summed E-state index contributed by atoms with van der Waals surface area (Å²) in [7, 11) is 3.14. The standard InChI is InChI=1S/C14H20FNO2/c1-9(16)14(4-5-14)11-7-13(18-3)12(17-2)6-10(11)8-15/h6-7,9H,4-5,8,16H2,1-3H3. The maximum absolute atomic E-state index is 13.2. The van der Waals surface area contributed by atoms with E-state index in [0.29, 0.717) is 17.1 Å². The van der Waals surface area contributed by atoms with E-state index in [1.165, 1.54) is 0 Å². The Morgan fingerprint density at radius 1 is 1.28 bits per heavy atom. The highest BCUT2D eigenvalue weighted by Gasteiger charge is 2.48. The van der Waals surface area contributed by atoms with Crippen LogP contribution in [0.5, 0.6) is 11.5 Å². The van der Waals surface area contributed by atoms with Gasteiger partial charge in [0.15, 0.2) is 11.5 Å². The molecule has 18 heavy (non-hydrogen) atoms. The molecule has 1 atom stereocenters. The predicted octanol–water partition coefficient (Wildman–Crippen LogP) is 2.55. The molecule has 0 amide bonds. The lowest BCUT2D eigenvalue weighted by Gasteiger charge is -2.24. The molecule has 2 rings (SSSR count). The van der Waals surface area contributed by atoms with Gasteiger partial charge in [-0.3, -0.25) is 0 Å². The lowest BCUT2D eigenvalue weighted by Crippen LogP contribution is -2.32. The van der Waals surface area contributed by atoms with Gasteiger partial charge in [0.25, 0.3) is 0 Å². The number of hydrogen-bond donors (Lipinski definition) is 1. The van der Waals surface area contributed by atoms with Crippen molar-refractivity contribution in [1.29, 1.82) is 0 Å². The summed E-state index contributed by atoms with van der Waals surface area (Å²) in [6, 6.07) is 3.61. The third kappa shape index (κ3) is 1.94. The SMILES string of the molecule is COc1cc(CF)c(C2(C(C)N)CC2)cc1OC. The Hall–Kier alpha value is -1.29. The fraction of sp³-hybridized carbons (Fsp3) is 0.571. The minimum atomic E-state index is -0.510. The molecule has 100 valence electrons. The number of benzene rings is 1. The molecule has 0 heterocycles. The Morgan fingerprint density at radius 2 is 1.83 bits per heavy atom. The first-order valence-corrected chi connectivity index (χ1v) is 6.16. The second-order valence-electron chi connectivity index (χ2n) is 4.94. The van der Waals surface area contributed by atoms with E-state index in [9.17, 15) is 4.39 Å². The van der Waals surface area contributed by atoms with Gasteiger partial charge in [-0.1, -0.05) is 0 Å². The number of alkyl halides is 1. The Labute approximate surface area is 107 Å². The molecule has 3 nitrogen and oxygen atoms in total. The van der Waals surface area contributed by atoms with E-state index in [1.807, 2.05) is 13.0 Å². The minimum absolute atomic E-state index is 0.0147. The number of ether oxygens (including phenoxy) is 2. The molecule has 1 saturated carbocycles. The first-order valence-electron chi connectivity index (χ1n) is 6.16. The Morgan fingerprint density at radius 3 is 2.22 bits per heavy atom. The molecule has 4 heteroatoms. The van der Waals surface area contributed by atoms with Gasteiger partial charge in [0.05, 0.1) is 14.2 Å². The average Bonchev–Trinajstić information content (AvgIpc) is 3.18. The first-order chi connectivity index (χ1) is 8.58. The van der Waals surface area contributed by atoms with Gasteiger partial charge >= 0.3 is 0 Å². The van der Waals surface area contributed by atoms with Crippen LogP contribution in [0.15, 0.2) is 12.1 Å². The van der Waals surface area contributed by atoms with E-state index in [4.69, 9.17) is 15.2 Å². The molecule has 0 aliphatic heterocycles. The van der Waals surface area contributed by atoms with Gasteiger partial charge in [-0.2, -0.15) is 0 Å². The maximum Gasteiger partial charge on any atom is 0.161 e. The van der Waals surface area contributed by atoms with Gasteiger partial charge in [-0.15, -0.1) is 0 Å². The van der Waals surface area contributed by atoms with Crippen LogP contribution in [-0.2, 0) is 12.1 Å². The highest BCUT2D eigenvalue weighted by atomic mass is 19.1. The molecule has 0 saturated heterocycles. The molecular formula is C14H20FNO2. The van der Waals surface area contributed by atoms with Crippen LogP contribution in [0.2, 0.25) is 0 Å². The summed E-state index contributed by atoms with van der Waals surface area (Å²) in [5.41, 5.74) is 7.60. The fourth-order valence-corrected chi connectivity index (χ4v) is 2.60. The lowest BCUT2D eigenvalue weighted by atomic mass is 9.86. The zero-order valence-corrected chi connectivity index (χ0v) is 11.1. The quantitative estimate of drug-likeness (QED) is 0.877. The first kappa shape index (κ1) is 13.1. The number of hydrogen-bond acceptors (Lipinski definition) is 3. The van der Waals surface area contributed by atoms with E-state index in [-0.39, 0.29) is 11.5 Å². The van der Waals surface area contributed by atoms with E-state index < -0.39 is 6.67 Å². The van der Waals surface area contributed by atoms with Gasteiger partial charge < -0.3 is 15.2 Å². The predicted molar refractivity (Wildman–Crippen MR) is 68.9 cm³/mol. The monoisotopic (exact) mass is 253 g/mol. The Bertz CT molecular complexity index is 442. The molecule has 2 N–H and O–H groups in total. The van der Waals surface area contributed by atoms with E-state index in [0.717, 1.165) is 18.4 Å². The van der Waals surface area contributed by atoms with E-state index >= 15 is 0 Å². The molecule has 1 aromatic rings. The molecule has 0 bridgehead atoms. The number of nitrogens with two attached hydrogens (primary N) is 1. The zero-order chi connectivity index (χ0) is 13.3. The van der Waals surface area contributed by atoms with Crippen molar-refractivity contribution in [3.05, 3.63) is 23.3 Å². The fourth-order valence-electron chi connectivity index (χ4n) is 2.60. The van der Waals surface area contributed by atoms with Crippen molar-refractivity contribution in [3.63, 3.8) is 0 Å². The largest absolute Gasteiger partial charge is 0.493 e. The van der Waals surface area contributed by atoms with Crippen LogP contribution in [0.1, 0.15) is 30.9 Å². The normalized spacial score (nSPS) is 18.3. The molecule has 1 unspecified atom stereocenters. The summed E-state index contributed by atoms with van der Waals surface area (Å²) >= 11 is 0. The van der Waals surface area contributed by atoms with Crippen LogP contribution in [0.3, 0.4) is 0 Å². The van der Waals surface area contributed by atoms with E-state index in [2.05, 4.69) is 0 Å². The zero-order valence-electron chi connectivity index (χ0n) is 11.1. The molecule has 1 aliphatic carbocycles. The van der Waals surface area contributed by atoms with Gasteiger partial charge in [0.2, 0.25) is 0 Å². The van der Waals surface area contributed by atoms with Crippen LogP contribution in [0.4, 0.5) is 4.39 Å². The third-order valence-corrected chi connectivity index (χ3v) is 3.95. The summed E-state index contributed by atoms with van der Waals surface area (Å²) in [6.45, 7) is 1.47. The summed E-state index contributed by atoms with van der Waals surface area (Å²) in [4.78, 5) is 0. The van der Waals surface area contributed by atoms with Crippen LogP contribution in [0, 0.1) is 0 Å². The molecule has 1 aromatic carbocycles. The summed E-state index contributed by atoms with van der Waals surface area (Å²) in [5, 5.41) is 0.